The molecular weight excluding hydrogens is 469 g/mol. The predicted octanol–water partition coefficient (Wildman–Crippen LogP) is 6.79. The van der Waals surface area contributed by atoms with Crippen LogP contribution in [0.3, 0.4) is 0 Å². The molecule has 4 rings (SSSR count). The molecule has 0 N–H and O–H groups in total. The number of rotatable bonds is 5. The highest BCUT2D eigenvalue weighted by molar-refractivity contribution is 6.35. The molecule has 0 aromatic heterocycles. The van der Waals surface area contributed by atoms with Crippen molar-refractivity contribution in [1.29, 1.82) is 0 Å². The highest BCUT2D eigenvalue weighted by Gasteiger charge is 2.20. The van der Waals surface area contributed by atoms with Crippen molar-refractivity contribution in [3.05, 3.63) is 93.5 Å². The van der Waals surface area contributed by atoms with Crippen LogP contribution in [0.15, 0.2) is 54.6 Å². The van der Waals surface area contributed by atoms with E-state index >= 15 is 0 Å². The third kappa shape index (κ3) is 6.97. The first kappa shape index (κ1) is 29.3. The minimum absolute atomic E-state index is 0.588. The maximum atomic E-state index is 12.9. The minimum atomic E-state index is -1.66. The maximum Gasteiger partial charge on any atom is 0.492 e. The first-order chi connectivity index (χ1) is 17.7. The quantitative estimate of drug-likeness (QED) is 0.219. The molecule has 4 nitrogen and oxygen atoms in total. The van der Waals surface area contributed by atoms with E-state index in [0.29, 0.717) is 11.5 Å². The fourth-order valence-electron chi connectivity index (χ4n) is 5.02. The molecule has 4 aromatic carbocycles. The van der Waals surface area contributed by atoms with Gasteiger partial charge in [-0.05, 0) is 104 Å². The van der Waals surface area contributed by atoms with E-state index in [4.69, 9.17) is 9.31 Å². The van der Waals surface area contributed by atoms with Gasteiger partial charge in [0.25, 0.3) is 0 Å². The van der Waals surface area contributed by atoms with Crippen LogP contribution >= 0.6 is 0 Å². The maximum absolute atomic E-state index is 12.9. The van der Waals surface area contributed by atoms with Crippen LogP contribution in [0.25, 0.3) is 21.9 Å². The van der Waals surface area contributed by atoms with Gasteiger partial charge in [-0.3, -0.25) is 0 Å². The van der Waals surface area contributed by atoms with E-state index in [2.05, 4.69) is 84.5 Å². The van der Waals surface area contributed by atoms with Crippen molar-refractivity contribution >= 4 is 18.1 Å². The Morgan fingerprint density at radius 2 is 1.13 bits per heavy atom. The summed E-state index contributed by atoms with van der Waals surface area (Å²) in [6, 6.07) is 18.8. The zero-order valence-corrected chi connectivity index (χ0v) is 24.9. The van der Waals surface area contributed by atoms with Crippen molar-refractivity contribution in [2.45, 2.75) is 48.5 Å². The van der Waals surface area contributed by atoms with Crippen LogP contribution in [0.1, 0.15) is 38.9 Å². The van der Waals surface area contributed by atoms with Crippen molar-refractivity contribution in [3.63, 3.8) is 0 Å². The Bertz CT molecular complexity index is 1420. The summed E-state index contributed by atoms with van der Waals surface area (Å²) in [5.74, 6) is 1.18. The molecule has 0 atom stereocenters. The van der Waals surface area contributed by atoms with Crippen LogP contribution in [-0.4, -0.2) is 40.0 Å². The molecule has 0 aliphatic heterocycles. The first-order valence-corrected chi connectivity index (χ1v) is 13.1. The lowest BCUT2D eigenvalue weighted by atomic mass is 9.87. The Balaban J connectivity index is 0.000000732. The van der Waals surface area contributed by atoms with E-state index in [-0.39, 0.29) is 0 Å². The number of fused-ring (bicyclic) bond motifs is 1. The lowest BCUT2D eigenvalue weighted by Crippen LogP contribution is -2.44. The van der Waals surface area contributed by atoms with Crippen molar-refractivity contribution in [3.8, 4) is 22.6 Å². The van der Waals surface area contributed by atoms with Gasteiger partial charge in [0.2, 0.25) is 0 Å². The Morgan fingerprint density at radius 1 is 0.605 bits per heavy atom. The second-order valence-corrected chi connectivity index (χ2v) is 11.8. The van der Waals surface area contributed by atoms with Gasteiger partial charge >= 0.3 is 7.32 Å². The summed E-state index contributed by atoms with van der Waals surface area (Å²) >= 11 is 0. The summed E-state index contributed by atoms with van der Waals surface area (Å²) in [6.45, 7) is 14.2. The summed E-state index contributed by atoms with van der Waals surface area (Å²) in [4.78, 5) is 0. The molecule has 0 heterocycles. The molecule has 0 aliphatic rings. The molecule has 200 valence electrons. The van der Waals surface area contributed by atoms with Crippen molar-refractivity contribution in [1.82, 2.24) is 0 Å². The van der Waals surface area contributed by atoms with Gasteiger partial charge in [-0.15, -0.1) is 0 Å². The summed E-state index contributed by atoms with van der Waals surface area (Å²) in [5.41, 5.74) is 9.52. The molecule has 5 heteroatoms. The van der Waals surface area contributed by atoms with Crippen molar-refractivity contribution in [2.75, 3.05) is 28.2 Å². The van der Waals surface area contributed by atoms with Crippen LogP contribution in [0.4, 0.5) is 0 Å². The second kappa shape index (κ2) is 11.6. The zero-order chi connectivity index (χ0) is 28.4. The number of nitrogens with zero attached hydrogens (tertiary/aromatic N) is 1. The monoisotopic (exact) mass is 511 g/mol. The van der Waals surface area contributed by atoms with E-state index in [1.807, 2.05) is 46.8 Å². The predicted molar refractivity (Wildman–Crippen MR) is 160 cm³/mol. The zero-order valence-electron chi connectivity index (χ0n) is 24.9. The third-order valence-electron chi connectivity index (χ3n) is 6.32. The van der Waals surface area contributed by atoms with Crippen LogP contribution in [-0.2, 0) is 0 Å². The Labute approximate surface area is 229 Å². The van der Waals surface area contributed by atoms with Crippen LogP contribution in [0, 0.1) is 48.5 Å². The molecule has 0 amide bonds. The summed E-state index contributed by atoms with van der Waals surface area (Å²) < 4.78 is 12.6. The molecule has 0 saturated carbocycles. The lowest BCUT2D eigenvalue weighted by molar-refractivity contribution is -0.849. The molecular formula is C33H42BNO3. The van der Waals surface area contributed by atoms with E-state index in [1.165, 1.54) is 21.9 Å². The number of hydrogen-bond donors (Lipinski definition) is 0. The molecule has 0 saturated heterocycles. The van der Waals surface area contributed by atoms with Crippen LogP contribution in [0.5, 0.6) is 11.5 Å². The Kier molecular flexibility index (Phi) is 8.96. The molecule has 0 fully saturated rings. The largest absolute Gasteiger partial charge is 0.808 e. The van der Waals surface area contributed by atoms with Gasteiger partial charge in [0.05, 0.1) is 28.2 Å². The highest BCUT2D eigenvalue weighted by atomic mass is 16.7. The van der Waals surface area contributed by atoms with E-state index < -0.39 is 7.32 Å². The average Bonchev–Trinajstić information content (AvgIpc) is 2.79. The van der Waals surface area contributed by atoms with E-state index in [9.17, 15) is 5.02 Å². The van der Waals surface area contributed by atoms with Gasteiger partial charge in [0.1, 0.15) is 11.5 Å². The van der Waals surface area contributed by atoms with Gasteiger partial charge < -0.3 is 18.8 Å². The average molecular weight is 512 g/mol. The summed E-state index contributed by atoms with van der Waals surface area (Å²) in [5, 5.41) is 15.3. The summed E-state index contributed by atoms with van der Waals surface area (Å²) in [7, 11) is 6.84. The van der Waals surface area contributed by atoms with Gasteiger partial charge in [-0.1, -0.05) is 60.2 Å². The molecule has 0 aliphatic carbocycles. The van der Waals surface area contributed by atoms with Crippen molar-refractivity contribution < 1.29 is 18.8 Å². The lowest BCUT2D eigenvalue weighted by Gasteiger charge is -2.27. The smallest absolute Gasteiger partial charge is 0.492 e. The fraction of sp³-hybridized carbons (Fsp3) is 0.333. The SMILES string of the molecule is C[N+](C)(C)C.Cc1cc(C)c(OB([O-])Oc2c(C)cc(C)c(-c3c(C)ccc4ccccc34)c2C)c(C)c1. The summed E-state index contributed by atoms with van der Waals surface area (Å²) in [6.07, 6.45) is 0. The molecule has 38 heavy (non-hydrogen) atoms. The van der Waals surface area contributed by atoms with E-state index in [1.54, 1.807) is 0 Å². The highest BCUT2D eigenvalue weighted by Crippen LogP contribution is 2.41. The number of hydrogen-bond acceptors (Lipinski definition) is 3. The second-order valence-electron chi connectivity index (χ2n) is 11.8. The molecule has 0 bridgehead atoms. The standard InChI is InChI=1S/C29H30BO3.C4H12N/c1-17-14-20(4)28(21(5)15-17)32-30(31)33-29-22(6)16-19(3)26(23(29)7)27-18(2)12-13-24-10-8-9-11-25(24)27;1-5(2,3)4/h8-16H,1-7H3;1-4H3/q-1;+1. The number of benzene rings is 4. The number of quaternary nitrogens is 1. The van der Waals surface area contributed by atoms with Crippen molar-refractivity contribution in [2.24, 2.45) is 0 Å². The normalized spacial score (nSPS) is 11.2. The topological polar surface area (TPSA) is 41.5 Å². The van der Waals surface area contributed by atoms with E-state index in [0.717, 1.165) is 43.4 Å². The third-order valence-corrected chi connectivity index (χ3v) is 6.32. The van der Waals surface area contributed by atoms with Gasteiger partial charge in [-0.25, -0.2) is 0 Å². The molecule has 0 radical (unpaired) electrons. The Morgan fingerprint density at radius 3 is 1.74 bits per heavy atom. The first-order valence-electron chi connectivity index (χ1n) is 13.1. The van der Waals surface area contributed by atoms with Crippen LogP contribution < -0.4 is 14.3 Å². The van der Waals surface area contributed by atoms with Gasteiger partial charge in [0.15, 0.2) is 0 Å². The minimum Gasteiger partial charge on any atom is -0.808 e. The molecule has 0 unspecified atom stereocenters. The van der Waals surface area contributed by atoms with Crippen LogP contribution in [0.2, 0.25) is 0 Å². The fourth-order valence-corrected chi connectivity index (χ4v) is 5.02. The van der Waals surface area contributed by atoms with Gasteiger partial charge in [0, 0.05) is 0 Å². The Hall–Kier alpha value is -3.28. The molecule has 0 spiro atoms. The number of aryl methyl sites for hydroxylation is 6. The molecule has 4 aromatic rings. The van der Waals surface area contributed by atoms with Gasteiger partial charge in [-0.2, -0.15) is 0 Å².